The van der Waals surface area contributed by atoms with Crippen molar-refractivity contribution < 1.29 is 14.3 Å². The summed E-state index contributed by atoms with van der Waals surface area (Å²) in [7, 11) is 1.68. The van der Waals surface area contributed by atoms with Crippen molar-refractivity contribution in [1.82, 2.24) is 4.57 Å². The van der Waals surface area contributed by atoms with E-state index in [0.717, 1.165) is 35.0 Å². The van der Waals surface area contributed by atoms with E-state index in [0.29, 0.717) is 24.0 Å². The maximum Gasteiger partial charge on any atom is 0.174 e. The highest BCUT2D eigenvalue weighted by Crippen LogP contribution is 2.18. The van der Waals surface area contributed by atoms with Crippen LogP contribution in [0.4, 0.5) is 0 Å². The number of methoxy groups -OCH3 is 1. The second-order valence-electron chi connectivity index (χ2n) is 5.71. The third kappa shape index (κ3) is 5.80. The molecule has 2 rings (SSSR count). The van der Waals surface area contributed by atoms with Gasteiger partial charge in [-0.1, -0.05) is 11.6 Å². The van der Waals surface area contributed by atoms with Gasteiger partial charge in [0.25, 0.3) is 0 Å². The van der Waals surface area contributed by atoms with Crippen LogP contribution in [0, 0.1) is 13.8 Å². The van der Waals surface area contributed by atoms with Gasteiger partial charge in [0.2, 0.25) is 0 Å². The lowest BCUT2D eigenvalue weighted by Crippen LogP contribution is -2.10. The number of aromatic nitrogens is 1. The summed E-state index contributed by atoms with van der Waals surface area (Å²) < 4.78 is 12.9. The molecule has 6 heteroatoms. The fraction of sp³-hybridized carbons (Fsp3) is 0.421. The van der Waals surface area contributed by atoms with Gasteiger partial charge in [0, 0.05) is 41.4 Å². The smallest absolute Gasteiger partial charge is 0.174 e. The van der Waals surface area contributed by atoms with Crippen molar-refractivity contribution in [3.63, 3.8) is 0 Å². The molecule has 0 aliphatic rings. The lowest BCUT2D eigenvalue weighted by molar-refractivity contribution is 0.102. The molecule has 0 unspecified atom stereocenters. The van der Waals surface area contributed by atoms with Crippen molar-refractivity contribution >= 4 is 29.1 Å². The average molecular weight is 382 g/mol. The summed E-state index contributed by atoms with van der Waals surface area (Å²) >= 11 is 7.42. The summed E-state index contributed by atoms with van der Waals surface area (Å²) in [4.78, 5) is 12.5. The highest BCUT2D eigenvalue weighted by Gasteiger charge is 2.15. The van der Waals surface area contributed by atoms with E-state index in [2.05, 4.69) is 4.57 Å². The third-order valence-electron chi connectivity index (χ3n) is 3.94. The van der Waals surface area contributed by atoms with Crippen molar-refractivity contribution in [1.29, 1.82) is 0 Å². The Morgan fingerprint density at radius 3 is 2.60 bits per heavy atom. The molecular formula is C19H24ClNO3S. The lowest BCUT2D eigenvalue weighted by Gasteiger charge is -2.09. The number of nitrogens with zero attached hydrogens (tertiary/aromatic N) is 1. The van der Waals surface area contributed by atoms with Gasteiger partial charge in [0.15, 0.2) is 5.78 Å². The molecule has 0 saturated heterocycles. The first-order valence-electron chi connectivity index (χ1n) is 8.18. The van der Waals surface area contributed by atoms with Crippen LogP contribution in [0.2, 0.25) is 5.02 Å². The number of thioether (sulfide) groups is 1. The van der Waals surface area contributed by atoms with Crippen LogP contribution in [0.25, 0.3) is 0 Å². The Balaban J connectivity index is 1.77. The van der Waals surface area contributed by atoms with Gasteiger partial charge in [0.1, 0.15) is 5.75 Å². The largest absolute Gasteiger partial charge is 0.493 e. The van der Waals surface area contributed by atoms with E-state index in [9.17, 15) is 4.79 Å². The Labute approximate surface area is 158 Å². The van der Waals surface area contributed by atoms with Crippen molar-refractivity contribution in [2.75, 3.05) is 31.8 Å². The minimum absolute atomic E-state index is 0.160. The Morgan fingerprint density at radius 1 is 1.20 bits per heavy atom. The SMILES string of the molecule is COCCn1c(C)cc(C(=O)CSCCOc2ccc(Cl)cc2)c1C. The lowest BCUT2D eigenvalue weighted by atomic mass is 10.2. The maximum atomic E-state index is 12.5. The number of carbonyl (C=O) groups excluding carboxylic acids is 1. The van der Waals surface area contributed by atoms with Crippen LogP contribution < -0.4 is 4.74 Å². The fourth-order valence-electron chi connectivity index (χ4n) is 2.60. The summed E-state index contributed by atoms with van der Waals surface area (Å²) in [6, 6.07) is 9.25. The predicted molar refractivity (Wildman–Crippen MR) is 104 cm³/mol. The second kappa shape index (κ2) is 9.90. The predicted octanol–water partition coefficient (Wildman–Crippen LogP) is 4.40. The number of Topliss-reactive ketones (excluding diaryl/α,β-unsaturated/α-hetero) is 1. The molecule has 0 N–H and O–H groups in total. The van der Waals surface area contributed by atoms with Crippen molar-refractivity contribution in [3.05, 3.63) is 52.3 Å². The molecule has 4 nitrogen and oxygen atoms in total. The minimum Gasteiger partial charge on any atom is -0.493 e. The Kier molecular flexibility index (Phi) is 7.88. The second-order valence-corrected chi connectivity index (χ2v) is 7.25. The van der Waals surface area contributed by atoms with E-state index in [-0.39, 0.29) is 5.78 Å². The van der Waals surface area contributed by atoms with E-state index >= 15 is 0 Å². The van der Waals surface area contributed by atoms with Crippen molar-refractivity contribution in [2.45, 2.75) is 20.4 Å². The molecule has 1 aromatic heterocycles. The zero-order valence-electron chi connectivity index (χ0n) is 14.9. The number of benzene rings is 1. The van der Waals surface area contributed by atoms with Crippen molar-refractivity contribution in [2.24, 2.45) is 0 Å². The molecule has 0 atom stereocenters. The van der Waals surface area contributed by atoms with Crippen LogP contribution in [0.1, 0.15) is 21.7 Å². The van der Waals surface area contributed by atoms with Crippen LogP contribution in [-0.4, -0.2) is 42.2 Å². The molecule has 136 valence electrons. The summed E-state index contributed by atoms with van der Waals surface area (Å²) in [6.07, 6.45) is 0. The molecular weight excluding hydrogens is 358 g/mol. The summed E-state index contributed by atoms with van der Waals surface area (Å²) in [5, 5.41) is 0.690. The van der Waals surface area contributed by atoms with Crippen LogP contribution in [0.3, 0.4) is 0 Å². The molecule has 2 aromatic rings. The summed E-state index contributed by atoms with van der Waals surface area (Å²) in [6.45, 7) is 5.98. The average Bonchev–Trinajstić information content (AvgIpc) is 2.88. The molecule has 0 aliphatic heterocycles. The Morgan fingerprint density at radius 2 is 1.92 bits per heavy atom. The van der Waals surface area contributed by atoms with E-state index in [1.165, 1.54) is 0 Å². The quantitative estimate of drug-likeness (QED) is 0.451. The minimum atomic E-state index is 0.160. The van der Waals surface area contributed by atoms with Crippen LogP contribution >= 0.6 is 23.4 Å². The first-order chi connectivity index (χ1) is 12.0. The van der Waals surface area contributed by atoms with E-state index < -0.39 is 0 Å². The Hall–Kier alpha value is -1.43. The first kappa shape index (κ1) is 19.9. The number of carbonyl (C=O) groups is 1. The Bertz CT molecular complexity index is 697. The van der Waals surface area contributed by atoms with Gasteiger partial charge in [-0.3, -0.25) is 4.79 Å². The zero-order valence-corrected chi connectivity index (χ0v) is 16.5. The number of aryl methyl sites for hydroxylation is 1. The monoisotopic (exact) mass is 381 g/mol. The van der Waals surface area contributed by atoms with E-state index in [1.54, 1.807) is 31.0 Å². The molecule has 1 aromatic carbocycles. The molecule has 0 radical (unpaired) electrons. The number of hydrogen-bond acceptors (Lipinski definition) is 4. The van der Waals surface area contributed by atoms with Gasteiger partial charge in [-0.2, -0.15) is 11.8 Å². The number of hydrogen-bond donors (Lipinski definition) is 0. The first-order valence-corrected chi connectivity index (χ1v) is 9.71. The molecule has 0 bridgehead atoms. The normalized spacial score (nSPS) is 10.9. The van der Waals surface area contributed by atoms with Gasteiger partial charge in [-0.15, -0.1) is 0 Å². The zero-order chi connectivity index (χ0) is 18.2. The summed E-state index contributed by atoms with van der Waals surface area (Å²) in [5.41, 5.74) is 2.91. The highest BCUT2D eigenvalue weighted by atomic mass is 35.5. The number of ether oxygens (including phenoxy) is 2. The van der Waals surface area contributed by atoms with Gasteiger partial charge < -0.3 is 14.0 Å². The van der Waals surface area contributed by atoms with E-state index in [1.807, 2.05) is 32.0 Å². The van der Waals surface area contributed by atoms with Crippen molar-refractivity contribution in [3.8, 4) is 5.75 Å². The van der Waals surface area contributed by atoms with Gasteiger partial charge in [0.05, 0.1) is 19.0 Å². The standard InChI is InChI=1S/C19H24ClNO3S/c1-14-12-18(15(2)21(14)8-9-23-3)19(22)13-25-11-10-24-17-6-4-16(20)5-7-17/h4-7,12H,8-11,13H2,1-3H3. The van der Waals surface area contributed by atoms with Gasteiger partial charge >= 0.3 is 0 Å². The highest BCUT2D eigenvalue weighted by molar-refractivity contribution is 8.00. The molecule has 25 heavy (non-hydrogen) atoms. The van der Waals surface area contributed by atoms with E-state index in [4.69, 9.17) is 21.1 Å². The number of ketones is 1. The molecule has 0 spiro atoms. The summed E-state index contributed by atoms with van der Waals surface area (Å²) in [5.74, 6) is 2.17. The molecule has 0 saturated carbocycles. The number of rotatable bonds is 10. The molecule has 0 fully saturated rings. The van der Waals surface area contributed by atoms with Crippen LogP contribution in [0.5, 0.6) is 5.75 Å². The van der Waals surface area contributed by atoms with Gasteiger partial charge in [-0.05, 0) is 44.2 Å². The fourth-order valence-corrected chi connectivity index (χ4v) is 3.41. The topological polar surface area (TPSA) is 40.5 Å². The van der Waals surface area contributed by atoms with Crippen LogP contribution in [-0.2, 0) is 11.3 Å². The maximum absolute atomic E-state index is 12.5. The molecule has 0 aliphatic carbocycles. The molecule has 1 heterocycles. The third-order valence-corrected chi connectivity index (χ3v) is 5.11. The molecule has 0 amide bonds. The van der Waals surface area contributed by atoms with Crippen LogP contribution in [0.15, 0.2) is 30.3 Å². The number of halogens is 1. The van der Waals surface area contributed by atoms with Gasteiger partial charge in [-0.25, -0.2) is 0 Å².